The van der Waals surface area contributed by atoms with Gasteiger partial charge in [-0.05, 0) is 0 Å². The van der Waals surface area contributed by atoms with E-state index < -0.39 is 18.4 Å². The van der Waals surface area contributed by atoms with E-state index >= 15 is 0 Å². The van der Waals surface area contributed by atoms with E-state index in [-0.39, 0.29) is 11.9 Å². The van der Waals surface area contributed by atoms with Crippen molar-refractivity contribution < 1.29 is 9.53 Å². The predicted molar refractivity (Wildman–Crippen MR) is 138 cm³/mol. The Labute approximate surface area is 201 Å². The second kappa shape index (κ2) is 12.2. The Hall–Kier alpha value is -0.551. The summed E-state index contributed by atoms with van der Waals surface area (Å²) >= 11 is -2.40. The number of methoxy groups -OCH3 is 1. The van der Waals surface area contributed by atoms with Crippen LogP contribution in [0, 0.1) is 5.92 Å². The number of nitrogens with zero attached hydrogens (tertiary/aromatic N) is 1. The number of rotatable bonds is 12. The van der Waals surface area contributed by atoms with Gasteiger partial charge < -0.3 is 0 Å². The second-order valence-corrected chi connectivity index (χ2v) is 23.8. The molecule has 2 saturated heterocycles. The van der Waals surface area contributed by atoms with Crippen LogP contribution >= 0.6 is 0 Å². The first-order valence-corrected chi connectivity index (χ1v) is 20.9. The van der Waals surface area contributed by atoms with Gasteiger partial charge in [-0.2, -0.15) is 0 Å². The number of ether oxygens (including phenoxy) is 1. The molecular formula is C28H47NO2Sn. The number of piperidine rings is 1. The maximum absolute atomic E-state index is 12.8. The zero-order valence-electron chi connectivity index (χ0n) is 21.4. The van der Waals surface area contributed by atoms with E-state index in [1.807, 2.05) is 0 Å². The molecule has 0 saturated carbocycles. The van der Waals surface area contributed by atoms with Gasteiger partial charge in [0.1, 0.15) is 0 Å². The minimum absolute atomic E-state index is 0.0152. The molecule has 1 aromatic rings. The van der Waals surface area contributed by atoms with Gasteiger partial charge in [0.05, 0.1) is 0 Å². The summed E-state index contributed by atoms with van der Waals surface area (Å²) in [7, 11) is 3.76. The number of carbonyl (C=O) groups is 1. The van der Waals surface area contributed by atoms with Gasteiger partial charge in [0, 0.05) is 0 Å². The van der Waals surface area contributed by atoms with Crippen LogP contribution in [0.2, 0.25) is 13.3 Å². The summed E-state index contributed by atoms with van der Waals surface area (Å²) in [5.74, 6) is 0.263. The Morgan fingerprint density at radius 2 is 1.53 bits per heavy atom. The number of hydrogen-bond acceptors (Lipinski definition) is 3. The molecule has 0 spiro atoms. The van der Waals surface area contributed by atoms with Gasteiger partial charge in [-0.1, -0.05) is 0 Å². The van der Waals surface area contributed by atoms with Crippen LogP contribution in [0.1, 0.15) is 90.0 Å². The maximum atomic E-state index is 12.8. The van der Waals surface area contributed by atoms with Crippen molar-refractivity contribution in [3.05, 3.63) is 29.8 Å². The van der Waals surface area contributed by atoms with Crippen molar-refractivity contribution in [1.29, 1.82) is 0 Å². The molecule has 32 heavy (non-hydrogen) atoms. The van der Waals surface area contributed by atoms with E-state index in [0.717, 1.165) is 12.8 Å². The zero-order chi connectivity index (χ0) is 23.1. The Morgan fingerprint density at radius 3 is 2.03 bits per heavy atom. The standard InChI is InChI=1S/C16H20NO2.3C4H9.Sn/c1-17-12-8-9-14(17)15(16(18)19-2)13(10-12)11-6-4-3-5-7-11;3*1-3-4-2;/h4-7,12-15H,8-10H2,1-2H3;3*1,3-4H2,2H3;/t12-,13+,14+,15-;;;;/m0..../s1. The molecule has 3 nitrogen and oxygen atoms in total. The van der Waals surface area contributed by atoms with Gasteiger partial charge in [0.15, 0.2) is 0 Å². The van der Waals surface area contributed by atoms with E-state index in [9.17, 15) is 4.79 Å². The van der Waals surface area contributed by atoms with Crippen molar-refractivity contribution in [3.8, 4) is 0 Å². The molecule has 0 unspecified atom stereocenters. The first-order chi connectivity index (χ1) is 15.5. The molecule has 0 radical (unpaired) electrons. The first-order valence-electron chi connectivity index (χ1n) is 13.4. The number of carbonyl (C=O) groups excluding carboxylic acids is 1. The predicted octanol–water partition coefficient (Wildman–Crippen LogP) is 6.48. The van der Waals surface area contributed by atoms with Gasteiger partial charge in [0.2, 0.25) is 0 Å². The normalized spacial score (nSPS) is 25.8. The van der Waals surface area contributed by atoms with E-state index in [4.69, 9.17) is 4.74 Å². The molecule has 3 rings (SSSR count). The molecule has 0 amide bonds. The number of hydrogen-bond donors (Lipinski definition) is 0. The van der Waals surface area contributed by atoms with Crippen molar-refractivity contribution in [2.45, 2.75) is 110 Å². The van der Waals surface area contributed by atoms with Crippen LogP contribution in [0.5, 0.6) is 0 Å². The minimum atomic E-state index is -2.40. The van der Waals surface area contributed by atoms with Gasteiger partial charge >= 0.3 is 202 Å². The molecule has 4 atom stereocenters. The van der Waals surface area contributed by atoms with Gasteiger partial charge in [0.25, 0.3) is 0 Å². The summed E-state index contributed by atoms with van der Waals surface area (Å²) in [6.45, 7) is 7.04. The number of unbranched alkanes of at least 4 members (excludes halogenated alkanes) is 3. The topological polar surface area (TPSA) is 29.5 Å². The van der Waals surface area contributed by atoms with Gasteiger partial charge in [-0.25, -0.2) is 0 Å². The third-order valence-corrected chi connectivity index (χ3v) is 24.4. The molecule has 0 aliphatic carbocycles. The first kappa shape index (κ1) is 26.1. The van der Waals surface area contributed by atoms with Crippen LogP contribution in [0.15, 0.2) is 24.3 Å². The molecule has 2 aliphatic rings. The molecule has 2 bridgehead atoms. The monoisotopic (exact) mass is 549 g/mol. The van der Waals surface area contributed by atoms with Crippen molar-refractivity contribution in [3.63, 3.8) is 0 Å². The van der Waals surface area contributed by atoms with Crippen LogP contribution in [-0.4, -0.2) is 55.5 Å². The summed E-state index contributed by atoms with van der Waals surface area (Å²) in [5.41, 5.74) is 1.37. The Bertz CT molecular complexity index is 697. The average molecular weight is 548 g/mol. The Balaban J connectivity index is 1.90. The summed E-state index contributed by atoms with van der Waals surface area (Å²) < 4.78 is 11.6. The van der Waals surface area contributed by atoms with Crippen LogP contribution in [-0.2, 0) is 9.53 Å². The SMILES string of the molecule is CCC[CH2][Sn]([CH2]CCC)([CH2]CCC)[c]1ccc([C@H]2C[C@@H]3CC[C@H]([C@H]2C(=O)OC)N3C)cc1. The zero-order valence-corrected chi connectivity index (χ0v) is 24.2. The third kappa shape index (κ3) is 5.56. The molecule has 0 N–H and O–H groups in total. The molecule has 2 fully saturated rings. The Morgan fingerprint density at radius 1 is 0.969 bits per heavy atom. The Kier molecular flexibility index (Phi) is 9.97. The van der Waals surface area contributed by atoms with E-state index in [2.05, 4.69) is 57.0 Å². The van der Waals surface area contributed by atoms with Crippen LogP contribution < -0.4 is 3.58 Å². The van der Waals surface area contributed by atoms with E-state index in [1.165, 1.54) is 63.8 Å². The molecule has 1 aromatic carbocycles. The average Bonchev–Trinajstić information content (AvgIpc) is 3.05. The number of fused-ring (bicyclic) bond motifs is 2. The molecule has 4 heteroatoms. The third-order valence-electron chi connectivity index (χ3n) is 8.72. The second-order valence-electron chi connectivity index (χ2n) is 10.6. The quantitative estimate of drug-likeness (QED) is 0.221. The fourth-order valence-electron chi connectivity index (χ4n) is 6.70. The summed E-state index contributed by atoms with van der Waals surface area (Å²) in [6, 6.07) is 10.8. The van der Waals surface area contributed by atoms with Crippen LogP contribution in [0.3, 0.4) is 0 Å². The molecular weight excluding hydrogens is 501 g/mol. The summed E-state index contributed by atoms with van der Waals surface area (Å²) in [4.78, 5) is 15.3. The number of benzene rings is 1. The summed E-state index contributed by atoms with van der Waals surface area (Å²) in [6.07, 6.45) is 11.6. The van der Waals surface area contributed by atoms with E-state index in [0.29, 0.717) is 18.0 Å². The molecule has 180 valence electrons. The van der Waals surface area contributed by atoms with Crippen molar-refractivity contribution >= 4 is 27.9 Å². The van der Waals surface area contributed by atoms with Gasteiger partial charge in [-0.15, -0.1) is 0 Å². The van der Waals surface area contributed by atoms with E-state index in [1.54, 1.807) is 10.7 Å². The number of esters is 1. The van der Waals surface area contributed by atoms with Gasteiger partial charge in [-0.3, -0.25) is 0 Å². The fourth-order valence-corrected chi connectivity index (χ4v) is 22.6. The molecule has 2 aliphatic heterocycles. The fraction of sp³-hybridized carbons (Fsp3) is 0.750. The van der Waals surface area contributed by atoms with Crippen molar-refractivity contribution in [1.82, 2.24) is 4.90 Å². The molecule has 0 aromatic heterocycles. The van der Waals surface area contributed by atoms with Crippen LogP contribution in [0.25, 0.3) is 0 Å². The summed E-state index contributed by atoms with van der Waals surface area (Å²) in [5, 5.41) is 0. The van der Waals surface area contributed by atoms with Crippen molar-refractivity contribution in [2.24, 2.45) is 5.92 Å². The molecule has 2 heterocycles. The van der Waals surface area contributed by atoms with Crippen LogP contribution in [0.4, 0.5) is 0 Å². The van der Waals surface area contributed by atoms with Crippen molar-refractivity contribution in [2.75, 3.05) is 14.2 Å².